The molecular weight excluding hydrogens is 332 g/mol. The molecule has 2 rings (SSSR count). The molecule has 25 heavy (non-hydrogen) atoms. The first-order valence-electron chi connectivity index (χ1n) is 8.95. The zero-order chi connectivity index (χ0) is 18.2. The molecule has 0 bridgehead atoms. The summed E-state index contributed by atoms with van der Waals surface area (Å²) in [6.45, 7) is 5.65. The number of thioether (sulfide) groups is 1. The van der Waals surface area contributed by atoms with Crippen LogP contribution >= 0.6 is 11.8 Å². The van der Waals surface area contributed by atoms with Crippen molar-refractivity contribution >= 4 is 29.7 Å². The molecule has 1 heterocycles. The fraction of sp³-hybridized carbons (Fsp3) is 0.500. The average Bonchev–Trinajstić information content (AvgIpc) is 2.60. The number of nitrogens with two attached hydrogens (primary N) is 1. The van der Waals surface area contributed by atoms with E-state index in [4.69, 9.17) is 5.73 Å². The van der Waals surface area contributed by atoms with Crippen molar-refractivity contribution in [2.45, 2.75) is 38.0 Å². The molecule has 0 spiro atoms. The minimum Gasteiger partial charge on any atom is -0.369 e. The molecule has 0 saturated carbocycles. The van der Waals surface area contributed by atoms with E-state index in [9.17, 15) is 9.59 Å². The predicted octanol–water partition coefficient (Wildman–Crippen LogP) is 3.56. The van der Waals surface area contributed by atoms with Crippen molar-refractivity contribution in [2.75, 3.05) is 18.8 Å². The Bertz CT molecular complexity index is 620. The number of piperidine rings is 1. The van der Waals surface area contributed by atoms with Gasteiger partial charge in [0.05, 0.1) is 0 Å². The Kier molecular flexibility index (Phi) is 7.56. The van der Waals surface area contributed by atoms with E-state index in [2.05, 4.69) is 19.9 Å². The van der Waals surface area contributed by atoms with Gasteiger partial charge < -0.3 is 10.6 Å². The number of primary amides is 1. The van der Waals surface area contributed by atoms with Crippen LogP contribution in [-0.4, -0.2) is 35.6 Å². The van der Waals surface area contributed by atoms with Crippen molar-refractivity contribution in [1.29, 1.82) is 0 Å². The first kappa shape index (κ1) is 19.6. The van der Waals surface area contributed by atoms with E-state index in [1.807, 2.05) is 36.0 Å². The van der Waals surface area contributed by atoms with E-state index >= 15 is 0 Å². The van der Waals surface area contributed by atoms with Crippen molar-refractivity contribution in [3.8, 4) is 0 Å². The lowest BCUT2D eigenvalue weighted by atomic mass is 9.96. The molecule has 0 aromatic heterocycles. The Labute approximate surface area is 154 Å². The van der Waals surface area contributed by atoms with Crippen molar-refractivity contribution in [3.05, 3.63) is 35.9 Å². The van der Waals surface area contributed by atoms with Gasteiger partial charge in [0.1, 0.15) is 0 Å². The largest absolute Gasteiger partial charge is 0.369 e. The van der Waals surface area contributed by atoms with Crippen LogP contribution in [0.3, 0.4) is 0 Å². The summed E-state index contributed by atoms with van der Waals surface area (Å²) in [5.74, 6) is 1.43. The number of hydrogen-bond donors (Lipinski definition) is 1. The van der Waals surface area contributed by atoms with Gasteiger partial charge in [-0.3, -0.25) is 9.59 Å². The fourth-order valence-electron chi connectivity index (χ4n) is 2.81. The van der Waals surface area contributed by atoms with Crippen LogP contribution in [0.25, 0.3) is 6.08 Å². The minimum absolute atomic E-state index is 0.00454. The van der Waals surface area contributed by atoms with Gasteiger partial charge in [-0.15, -0.1) is 11.8 Å². The molecule has 1 fully saturated rings. The van der Waals surface area contributed by atoms with Gasteiger partial charge in [-0.2, -0.15) is 0 Å². The van der Waals surface area contributed by atoms with E-state index < -0.39 is 0 Å². The summed E-state index contributed by atoms with van der Waals surface area (Å²) < 4.78 is 0. The normalized spacial score (nSPS) is 15.9. The highest BCUT2D eigenvalue weighted by molar-refractivity contribution is 7.99. The predicted molar refractivity (Wildman–Crippen MR) is 104 cm³/mol. The summed E-state index contributed by atoms with van der Waals surface area (Å²) in [7, 11) is 0. The molecule has 136 valence electrons. The van der Waals surface area contributed by atoms with Crippen LogP contribution in [0.4, 0.5) is 0 Å². The van der Waals surface area contributed by atoms with Crippen molar-refractivity contribution in [1.82, 2.24) is 4.90 Å². The summed E-state index contributed by atoms with van der Waals surface area (Å²) in [6, 6.07) is 8.18. The molecule has 1 aromatic rings. The highest BCUT2D eigenvalue weighted by Crippen LogP contribution is 2.25. The molecule has 0 radical (unpaired) electrons. The van der Waals surface area contributed by atoms with E-state index in [1.54, 1.807) is 11.0 Å². The third-order valence-corrected chi connectivity index (χ3v) is 5.61. The first-order valence-corrected chi connectivity index (χ1v) is 9.94. The maximum atomic E-state index is 12.4. The van der Waals surface area contributed by atoms with E-state index in [1.165, 1.54) is 11.3 Å². The van der Waals surface area contributed by atoms with Gasteiger partial charge in [0.25, 0.3) is 0 Å². The monoisotopic (exact) mass is 360 g/mol. The van der Waals surface area contributed by atoms with Gasteiger partial charge >= 0.3 is 0 Å². The Morgan fingerprint density at radius 1 is 1.28 bits per heavy atom. The number of nitrogens with zero attached hydrogens (tertiary/aromatic N) is 1. The topological polar surface area (TPSA) is 63.4 Å². The highest BCUT2D eigenvalue weighted by atomic mass is 32.2. The van der Waals surface area contributed by atoms with E-state index in [0.717, 1.165) is 11.3 Å². The van der Waals surface area contributed by atoms with Crippen LogP contribution in [-0.2, 0) is 9.59 Å². The SMILES string of the molecule is CC(C)CCSc1ccccc1C=CC(=O)N1CCC(C(N)=O)CC1. The molecule has 5 heteroatoms. The number of carbonyl (C=O) groups excluding carboxylic acids is 2. The van der Waals surface area contributed by atoms with E-state index in [-0.39, 0.29) is 17.7 Å². The van der Waals surface area contributed by atoms with Crippen LogP contribution in [0.5, 0.6) is 0 Å². The van der Waals surface area contributed by atoms with Crippen LogP contribution in [0.2, 0.25) is 0 Å². The van der Waals surface area contributed by atoms with Gasteiger partial charge in [0.15, 0.2) is 0 Å². The highest BCUT2D eigenvalue weighted by Gasteiger charge is 2.24. The minimum atomic E-state index is -0.255. The molecule has 1 aliphatic rings. The quantitative estimate of drug-likeness (QED) is 0.597. The maximum Gasteiger partial charge on any atom is 0.246 e. The second-order valence-electron chi connectivity index (χ2n) is 6.90. The number of carbonyl (C=O) groups is 2. The number of likely N-dealkylation sites (tertiary alicyclic amines) is 1. The Hall–Kier alpha value is -1.75. The smallest absolute Gasteiger partial charge is 0.246 e. The number of amides is 2. The lowest BCUT2D eigenvalue weighted by Gasteiger charge is -2.29. The number of benzene rings is 1. The lowest BCUT2D eigenvalue weighted by Crippen LogP contribution is -2.41. The van der Waals surface area contributed by atoms with E-state index in [0.29, 0.717) is 31.8 Å². The standard InChI is InChI=1S/C20H28N2O2S/c1-15(2)11-14-25-18-6-4-3-5-16(18)7-8-19(23)22-12-9-17(10-13-22)20(21)24/h3-8,15,17H,9-14H2,1-2H3,(H2,21,24). The molecule has 1 aromatic carbocycles. The zero-order valence-electron chi connectivity index (χ0n) is 15.1. The van der Waals surface area contributed by atoms with Gasteiger partial charge in [-0.25, -0.2) is 0 Å². The molecule has 2 amide bonds. The van der Waals surface area contributed by atoms with Crippen LogP contribution < -0.4 is 5.73 Å². The number of rotatable bonds is 7. The average molecular weight is 361 g/mol. The summed E-state index contributed by atoms with van der Waals surface area (Å²) in [4.78, 5) is 26.6. The maximum absolute atomic E-state index is 12.4. The van der Waals surface area contributed by atoms with Gasteiger partial charge in [0.2, 0.25) is 11.8 Å². The summed E-state index contributed by atoms with van der Waals surface area (Å²) in [6.07, 6.45) is 6.05. The third-order valence-electron chi connectivity index (χ3n) is 4.49. The summed E-state index contributed by atoms with van der Waals surface area (Å²) in [5.41, 5.74) is 6.42. The Balaban J connectivity index is 1.92. The van der Waals surface area contributed by atoms with Gasteiger partial charge in [0, 0.05) is 30.0 Å². The van der Waals surface area contributed by atoms with Crippen molar-refractivity contribution in [3.63, 3.8) is 0 Å². The first-order chi connectivity index (χ1) is 12.0. The molecule has 1 aliphatic heterocycles. The molecule has 0 atom stereocenters. The van der Waals surface area contributed by atoms with Crippen LogP contribution in [0.1, 0.15) is 38.7 Å². The van der Waals surface area contributed by atoms with Gasteiger partial charge in [-0.05, 0) is 48.6 Å². The molecule has 2 N–H and O–H groups in total. The number of hydrogen-bond acceptors (Lipinski definition) is 3. The molecular formula is C20H28N2O2S. The summed E-state index contributed by atoms with van der Waals surface area (Å²) in [5, 5.41) is 0. The van der Waals surface area contributed by atoms with Crippen LogP contribution in [0, 0.1) is 11.8 Å². The summed E-state index contributed by atoms with van der Waals surface area (Å²) >= 11 is 1.84. The Morgan fingerprint density at radius 2 is 1.96 bits per heavy atom. The van der Waals surface area contributed by atoms with Crippen molar-refractivity contribution < 1.29 is 9.59 Å². The molecule has 1 saturated heterocycles. The fourth-order valence-corrected chi connectivity index (χ4v) is 4.09. The Morgan fingerprint density at radius 3 is 2.60 bits per heavy atom. The van der Waals surface area contributed by atoms with Crippen molar-refractivity contribution in [2.24, 2.45) is 17.6 Å². The zero-order valence-corrected chi connectivity index (χ0v) is 15.9. The molecule has 0 aliphatic carbocycles. The molecule has 4 nitrogen and oxygen atoms in total. The molecule has 0 unspecified atom stereocenters. The van der Waals surface area contributed by atoms with Crippen LogP contribution in [0.15, 0.2) is 35.2 Å². The third kappa shape index (κ3) is 6.24. The lowest BCUT2D eigenvalue weighted by molar-refractivity contribution is -0.130. The second kappa shape index (κ2) is 9.66. The van der Waals surface area contributed by atoms with Gasteiger partial charge in [-0.1, -0.05) is 32.0 Å². The second-order valence-corrected chi connectivity index (χ2v) is 8.04.